The summed E-state index contributed by atoms with van der Waals surface area (Å²) in [6.07, 6.45) is 0.872. The molecule has 0 amide bonds. The van der Waals surface area contributed by atoms with Crippen molar-refractivity contribution in [3.63, 3.8) is 0 Å². The van der Waals surface area contributed by atoms with Crippen LogP contribution in [0.25, 0.3) is 0 Å². The largest absolute Gasteiger partial charge is 0.496 e. The number of ether oxygens (including phenoxy) is 2. The van der Waals surface area contributed by atoms with E-state index in [9.17, 15) is 0 Å². The summed E-state index contributed by atoms with van der Waals surface area (Å²) in [6, 6.07) is 8.19. The monoisotopic (exact) mass is 292 g/mol. The van der Waals surface area contributed by atoms with Gasteiger partial charge in [-0.2, -0.15) is 0 Å². The van der Waals surface area contributed by atoms with E-state index in [0.717, 1.165) is 31.9 Å². The van der Waals surface area contributed by atoms with Crippen LogP contribution in [0, 0.1) is 0 Å². The third-order valence-corrected chi connectivity index (χ3v) is 4.50. The first kappa shape index (κ1) is 16.3. The highest BCUT2D eigenvalue weighted by Crippen LogP contribution is 2.32. The molecule has 1 atom stereocenters. The van der Waals surface area contributed by atoms with E-state index >= 15 is 0 Å². The van der Waals surface area contributed by atoms with Gasteiger partial charge in [-0.05, 0) is 38.8 Å². The summed E-state index contributed by atoms with van der Waals surface area (Å²) in [5, 5.41) is 0. The van der Waals surface area contributed by atoms with Gasteiger partial charge in [-0.3, -0.25) is 4.90 Å². The first-order valence-electron chi connectivity index (χ1n) is 7.60. The van der Waals surface area contributed by atoms with Gasteiger partial charge in [0.05, 0.1) is 20.3 Å². The quantitative estimate of drug-likeness (QED) is 0.902. The highest BCUT2D eigenvalue weighted by Gasteiger charge is 2.42. The summed E-state index contributed by atoms with van der Waals surface area (Å²) in [4.78, 5) is 2.50. The van der Waals surface area contributed by atoms with Gasteiger partial charge in [0.25, 0.3) is 0 Å². The molecule has 0 saturated carbocycles. The minimum absolute atomic E-state index is 0.00557. The van der Waals surface area contributed by atoms with E-state index in [0.29, 0.717) is 6.54 Å². The van der Waals surface area contributed by atoms with Crippen molar-refractivity contribution in [3.8, 4) is 5.75 Å². The first-order chi connectivity index (χ1) is 9.93. The van der Waals surface area contributed by atoms with Crippen LogP contribution in [0.1, 0.15) is 26.3 Å². The minimum atomic E-state index is -0.109. The topological polar surface area (TPSA) is 47.7 Å². The smallest absolute Gasteiger partial charge is 0.122 e. The Morgan fingerprint density at radius 1 is 1.38 bits per heavy atom. The van der Waals surface area contributed by atoms with Crippen LogP contribution in [0.15, 0.2) is 24.3 Å². The maximum Gasteiger partial charge on any atom is 0.122 e. The molecular weight excluding hydrogens is 264 g/mol. The summed E-state index contributed by atoms with van der Waals surface area (Å²) in [7, 11) is 1.72. The van der Waals surface area contributed by atoms with Crippen LogP contribution in [0.2, 0.25) is 0 Å². The second-order valence-corrected chi connectivity index (χ2v) is 6.71. The predicted molar refractivity (Wildman–Crippen MR) is 85.8 cm³/mol. The van der Waals surface area contributed by atoms with Gasteiger partial charge in [0.1, 0.15) is 5.75 Å². The molecule has 1 aromatic rings. The number of nitrogens with two attached hydrogens (primary N) is 1. The number of para-hydroxylation sites is 1. The van der Waals surface area contributed by atoms with E-state index in [2.05, 4.69) is 37.8 Å². The lowest BCUT2D eigenvalue weighted by Gasteiger charge is -2.52. The van der Waals surface area contributed by atoms with Crippen LogP contribution in [-0.2, 0) is 11.2 Å². The van der Waals surface area contributed by atoms with Crippen LogP contribution in [0.4, 0.5) is 0 Å². The second kappa shape index (κ2) is 6.34. The van der Waals surface area contributed by atoms with Crippen LogP contribution in [-0.4, -0.2) is 49.4 Å². The Kier molecular flexibility index (Phi) is 4.91. The molecule has 1 aliphatic rings. The number of rotatable bonds is 5. The summed E-state index contributed by atoms with van der Waals surface area (Å²) in [6.45, 7) is 9.72. The Hall–Kier alpha value is -1.10. The zero-order valence-electron chi connectivity index (χ0n) is 13.7. The number of nitrogens with zero attached hydrogens (tertiary/aromatic N) is 1. The number of benzene rings is 1. The van der Waals surface area contributed by atoms with E-state index in [1.165, 1.54) is 5.56 Å². The molecule has 1 heterocycles. The molecule has 118 valence electrons. The fraction of sp³-hybridized carbons (Fsp3) is 0.647. The molecule has 0 radical (unpaired) electrons. The van der Waals surface area contributed by atoms with Gasteiger partial charge in [-0.1, -0.05) is 18.2 Å². The average Bonchev–Trinajstić information content (AvgIpc) is 2.47. The third-order valence-electron chi connectivity index (χ3n) is 4.50. The van der Waals surface area contributed by atoms with Gasteiger partial charge >= 0.3 is 0 Å². The molecule has 1 aromatic carbocycles. The first-order valence-corrected chi connectivity index (χ1v) is 7.60. The van der Waals surface area contributed by atoms with Crippen LogP contribution in [0.5, 0.6) is 5.75 Å². The van der Waals surface area contributed by atoms with Crippen molar-refractivity contribution in [2.75, 3.05) is 33.4 Å². The van der Waals surface area contributed by atoms with E-state index in [1.54, 1.807) is 7.11 Å². The molecule has 4 heteroatoms. The number of morpholine rings is 1. The number of methoxy groups -OCH3 is 1. The van der Waals surface area contributed by atoms with Crippen molar-refractivity contribution < 1.29 is 9.47 Å². The molecule has 0 aromatic heterocycles. The molecule has 1 aliphatic heterocycles. The van der Waals surface area contributed by atoms with Crippen molar-refractivity contribution in [3.05, 3.63) is 29.8 Å². The Bertz CT molecular complexity index is 476. The van der Waals surface area contributed by atoms with Crippen molar-refractivity contribution in [2.24, 2.45) is 5.73 Å². The molecular formula is C17H28N2O2. The molecule has 0 bridgehead atoms. The predicted octanol–water partition coefficient (Wildman–Crippen LogP) is 2.07. The summed E-state index contributed by atoms with van der Waals surface area (Å²) >= 11 is 0. The zero-order valence-corrected chi connectivity index (χ0v) is 13.7. The van der Waals surface area contributed by atoms with Crippen LogP contribution < -0.4 is 10.5 Å². The van der Waals surface area contributed by atoms with Gasteiger partial charge in [-0.15, -0.1) is 0 Å². The fourth-order valence-electron chi connectivity index (χ4n) is 3.40. The van der Waals surface area contributed by atoms with Gasteiger partial charge in [0, 0.05) is 24.2 Å². The fourth-order valence-corrected chi connectivity index (χ4v) is 3.40. The molecule has 1 unspecified atom stereocenters. The molecule has 1 fully saturated rings. The van der Waals surface area contributed by atoms with Crippen molar-refractivity contribution in [2.45, 2.75) is 38.3 Å². The summed E-state index contributed by atoms with van der Waals surface area (Å²) in [5.74, 6) is 0.934. The standard InChI is InChI=1S/C17H28N2O2/c1-16(2)13-21-10-9-19(16)17(3,12-18)11-14-7-5-6-8-15(14)20-4/h5-8H,9-13,18H2,1-4H3. The van der Waals surface area contributed by atoms with Crippen molar-refractivity contribution in [1.82, 2.24) is 4.90 Å². The Morgan fingerprint density at radius 3 is 2.71 bits per heavy atom. The van der Waals surface area contributed by atoms with Crippen molar-refractivity contribution in [1.29, 1.82) is 0 Å². The lowest BCUT2D eigenvalue weighted by molar-refractivity contribution is -0.0985. The molecule has 0 aliphatic carbocycles. The van der Waals surface area contributed by atoms with E-state index in [-0.39, 0.29) is 11.1 Å². The lowest BCUT2D eigenvalue weighted by atomic mass is 9.85. The van der Waals surface area contributed by atoms with E-state index in [4.69, 9.17) is 15.2 Å². The second-order valence-electron chi connectivity index (χ2n) is 6.71. The number of hydrogen-bond acceptors (Lipinski definition) is 4. The molecule has 4 nitrogen and oxygen atoms in total. The number of hydrogen-bond donors (Lipinski definition) is 1. The molecule has 1 saturated heterocycles. The average molecular weight is 292 g/mol. The van der Waals surface area contributed by atoms with Gasteiger partial charge in [0.2, 0.25) is 0 Å². The SMILES string of the molecule is COc1ccccc1CC(C)(CN)N1CCOCC1(C)C. The van der Waals surface area contributed by atoms with Gasteiger partial charge < -0.3 is 15.2 Å². The Labute approximate surface area is 128 Å². The third kappa shape index (κ3) is 3.39. The Morgan fingerprint density at radius 2 is 2.10 bits per heavy atom. The highest BCUT2D eigenvalue weighted by molar-refractivity contribution is 5.34. The van der Waals surface area contributed by atoms with Crippen molar-refractivity contribution >= 4 is 0 Å². The molecule has 2 rings (SSSR count). The van der Waals surface area contributed by atoms with E-state index in [1.807, 2.05) is 12.1 Å². The van der Waals surface area contributed by atoms with Gasteiger partial charge in [0.15, 0.2) is 0 Å². The highest BCUT2D eigenvalue weighted by atomic mass is 16.5. The van der Waals surface area contributed by atoms with E-state index < -0.39 is 0 Å². The maximum atomic E-state index is 6.18. The Balaban J connectivity index is 2.28. The summed E-state index contributed by atoms with van der Waals surface area (Å²) in [5.41, 5.74) is 7.26. The molecule has 0 spiro atoms. The molecule has 21 heavy (non-hydrogen) atoms. The molecule has 2 N–H and O–H groups in total. The maximum absolute atomic E-state index is 6.18. The zero-order chi connectivity index (χ0) is 15.5. The normalized spacial score (nSPS) is 21.8. The summed E-state index contributed by atoms with van der Waals surface area (Å²) < 4.78 is 11.1. The van der Waals surface area contributed by atoms with Crippen LogP contribution in [0.3, 0.4) is 0 Å². The van der Waals surface area contributed by atoms with Gasteiger partial charge in [-0.25, -0.2) is 0 Å². The lowest BCUT2D eigenvalue weighted by Crippen LogP contribution is -2.65. The minimum Gasteiger partial charge on any atom is -0.496 e. The van der Waals surface area contributed by atoms with Crippen LogP contribution >= 0.6 is 0 Å².